The lowest BCUT2D eigenvalue weighted by Crippen LogP contribution is -2.52. The largest absolute Gasteiger partial charge is 0.395 e. The Bertz CT molecular complexity index is 922. The highest BCUT2D eigenvalue weighted by Crippen LogP contribution is 2.66. The zero-order valence-electron chi connectivity index (χ0n) is 20.3. The second-order valence-electron chi connectivity index (χ2n) is 9.31. The van der Waals surface area contributed by atoms with Gasteiger partial charge < -0.3 is 25.5 Å². The van der Waals surface area contributed by atoms with Crippen LogP contribution in [0.2, 0.25) is 0 Å². The van der Waals surface area contributed by atoms with Crippen LogP contribution in [0, 0.1) is 11.8 Å². The van der Waals surface area contributed by atoms with E-state index in [1.165, 1.54) is 4.90 Å². The number of amides is 3. The van der Waals surface area contributed by atoms with Crippen molar-refractivity contribution in [1.29, 1.82) is 0 Å². The Morgan fingerprint density at radius 3 is 2.50 bits per heavy atom. The van der Waals surface area contributed by atoms with E-state index in [-0.39, 0.29) is 36.1 Å². The number of carbonyl (C=O) groups excluding carboxylic acids is 3. The average molecular weight is 489 g/mol. The minimum atomic E-state index is -0.710. The summed E-state index contributed by atoms with van der Waals surface area (Å²) in [5, 5.41) is 15.7. The summed E-state index contributed by atoms with van der Waals surface area (Å²) in [7, 11) is 0. The third-order valence-corrected chi connectivity index (χ3v) is 9.46. The molecule has 186 valence electrons. The molecular weight excluding hydrogens is 452 g/mol. The number of benzene rings is 1. The van der Waals surface area contributed by atoms with Crippen LogP contribution in [0.4, 0.5) is 11.4 Å². The Balaban J connectivity index is 1.58. The van der Waals surface area contributed by atoms with Crippen molar-refractivity contribution in [2.45, 2.75) is 56.1 Å². The van der Waals surface area contributed by atoms with Gasteiger partial charge in [-0.25, -0.2) is 0 Å². The number of β-amino-alcohol motifs (C(OH)–C–C–N with tert-alkyl or cyclic N) is 1. The molecule has 3 fully saturated rings. The van der Waals surface area contributed by atoms with Gasteiger partial charge in [-0.15, -0.1) is 11.8 Å². The Labute approximate surface area is 205 Å². The molecule has 3 amide bonds. The molecule has 3 aliphatic heterocycles. The molecule has 3 N–H and O–H groups in total. The smallest absolute Gasteiger partial charge is 0.248 e. The molecule has 3 heterocycles. The second-order valence-corrected chi connectivity index (χ2v) is 10.9. The maximum absolute atomic E-state index is 13.6. The number of aliphatic hydroxyl groups is 1. The molecule has 1 aromatic carbocycles. The van der Waals surface area contributed by atoms with Gasteiger partial charge in [0, 0.05) is 42.8 Å². The van der Waals surface area contributed by atoms with Gasteiger partial charge in [0.05, 0.1) is 23.2 Å². The fourth-order valence-corrected chi connectivity index (χ4v) is 8.24. The van der Waals surface area contributed by atoms with Gasteiger partial charge in [-0.3, -0.25) is 14.4 Å². The number of hydrogen-bond donors (Lipinski definition) is 3. The first-order valence-electron chi connectivity index (χ1n) is 12.4. The van der Waals surface area contributed by atoms with Crippen molar-refractivity contribution in [3.63, 3.8) is 0 Å². The molecule has 0 radical (unpaired) electrons. The summed E-state index contributed by atoms with van der Waals surface area (Å²) in [5.74, 6) is -1.47. The maximum atomic E-state index is 13.6. The van der Waals surface area contributed by atoms with Crippen LogP contribution in [-0.4, -0.2) is 76.6 Å². The van der Waals surface area contributed by atoms with E-state index in [2.05, 4.69) is 29.4 Å². The standard InChI is InChI=1S/C25H36N4O4S/c1-4-13-26-22(31)19-18-11-12-25(34-18)20(19)24(33)29(14-15-30)21(25)23(32)27-16-7-9-17(10-8-16)28(5-2)6-3/h7-10,18-21,30H,4-6,11-15H2,1-3H3,(H,26,31)(H,27,32)/t18-,19+,20+,21?,25?/m1/s1. The third kappa shape index (κ3) is 4.06. The first-order chi connectivity index (χ1) is 16.4. The summed E-state index contributed by atoms with van der Waals surface area (Å²) in [4.78, 5) is 43.9. The van der Waals surface area contributed by atoms with Crippen LogP contribution in [-0.2, 0) is 14.4 Å². The lowest BCUT2D eigenvalue weighted by atomic mass is 9.70. The van der Waals surface area contributed by atoms with E-state index in [1.807, 2.05) is 31.2 Å². The summed E-state index contributed by atoms with van der Waals surface area (Å²) in [5.41, 5.74) is 1.76. The molecular formula is C25H36N4O4S. The van der Waals surface area contributed by atoms with E-state index in [0.717, 1.165) is 38.0 Å². The molecule has 9 heteroatoms. The van der Waals surface area contributed by atoms with Crippen LogP contribution in [0.1, 0.15) is 40.0 Å². The predicted molar refractivity (Wildman–Crippen MR) is 135 cm³/mol. The van der Waals surface area contributed by atoms with Gasteiger partial charge >= 0.3 is 0 Å². The lowest BCUT2D eigenvalue weighted by molar-refractivity contribution is -0.139. The number of thioether (sulfide) groups is 1. The number of nitrogens with zero attached hydrogens (tertiary/aromatic N) is 2. The van der Waals surface area contributed by atoms with Gasteiger partial charge in [0.15, 0.2) is 0 Å². The third-order valence-electron chi connectivity index (χ3n) is 7.50. The molecule has 0 aromatic heterocycles. The minimum Gasteiger partial charge on any atom is -0.395 e. The number of aliphatic hydroxyl groups excluding tert-OH is 1. The maximum Gasteiger partial charge on any atom is 0.248 e. The van der Waals surface area contributed by atoms with Crippen molar-refractivity contribution < 1.29 is 19.5 Å². The zero-order chi connectivity index (χ0) is 24.5. The van der Waals surface area contributed by atoms with Crippen molar-refractivity contribution in [2.75, 3.05) is 43.0 Å². The molecule has 0 saturated carbocycles. The molecule has 5 atom stereocenters. The summed E-state index contributed by atoms with van der Waals surface area (Å²) in [6.07, 6.45) is 2.36. The zero-order valence-corrected chi connectivity index (χ0v) is 21.1. The predicted octanol–water partition coefficient (Wildman–Crippen LogP) is 2.08. The van der Waals surface area contributed by atoms with E-state index in [9.17, 15) is 19.5 Å². The van der Waals surface area contributed by atoms with Gasteiger partial charge in [0.1, 0.15) is 6.04 Å². The van der Waals surface area contributed by atoms with E-state index < -0.39 is 22.6 Å². The molecule has 1 spiro atoms. The molecule has 3 saturated heterocycles. The summed E-state index contributed by atoms with van der Waals surface area (Å²) in [6.45, 7) is 8.44. The van der Waals surface area contributed by atoms with Crippen molar-refractivity contribution in [3.05, 3.63) is 24.3 Å². The number of carbonyl (C=O) groups is 3. The van der Waals surface area contributed by atoms with Crippen LogP contribution in [0.25, 0.3) is 0 Å². The first-order valence-corrected chi connectivity index (χ1v) is 13.3. The van der Waals surface area contributed by atoms with Crippen molar-refractivity contribution >= 4 is 40.9 Å². The molecule has 2 bridgehead atoms. The fourth-order valence-electron chi connectivity index (χ4n) is 6.02. The molecule has 34 heavy (non-hydrogen) atoms. The van der Waals surface area contributed by atoms with Crippen molar-refractivity contribution in [3.8, 4) is 0 Å². The number of fused-ring (bicyclic) bond motifs is 1. The Morgan fingerprint density at radius 2 is 1.88 bits per heavy atom. The molecule has 1 aromatic rings. The monoisotopic (exact) mass is 488 g/mol. The minimum absolute atomic E-state index is 0.0470. The SMILES string of the molecule is CCCNC(=O)[C@@H]1[C@H]2C(=O)N(CCO)C(C(=O)Nc3ccc(N(CC)CC)cc3)C23CC[C@H]1S3. The number of likely N-dealkylation sites (tertiary alicyclic amines) is 1. The Morgan fingerprint density at radius 1 is 1.18 bits per heavy atom. The second kappa shape index (κ2) is 10.2. The first kappa shape index (κ1) is 24.9. The number of nitrogens with one attached hydrogen (secondary N) is 2. The average Bonchev–Trinajstić information content (AvgIpc) is 3.47. The van der Waals surface area contributed by atoms with Gasteiger partial charge in [0.2, 0.25) is 17.7 Å². The van der Waals surface area contributed by atoms with Gasteiger partial charge in [-0.05, 0) is 57.4 Å². The summed E-state index contributed by atoms with van der Waals surface area (Å²) >= 11 is 1.64. The van der Waals surface area contributed by atoms with Crippen LogP contribution < -0.4 is 15.5 Å². The molecule has 8 nitrogen and oxygen atoms in total. The van der Waals surface area contributed by atoms with E-state index in [4.69, 9.17) is 0 Å². The highest BCUT2D eigenvalue weighted by Gasteiger charge is 2.73. The highest BCUT2D eigenvalue weighted by molar-refractivity contribution is 8.02. The number of hydrogen-bond acceptors (Lipinski definition) is 6. The van der Waals surface area contributed by atoms with Gasteiger partial charge in [-0.2, -0.15) is 0 Å². The molecule has 4 rings (SSSR count). The summed E-state index contributed by atoms with van der Waals surface area (Å²) in [6, 6.07) is 7.03. The van der Waals surface area contributed by atoms with Crippen LogP contribution >= 0.6 is 11.8 Å². The van der Waals surface area contributed by atoms with Crippen LogP contribution in [0.15, 0.2) is 24.3 Å². The van der Waals surface area contributed by atoms with Crippen molar-refractivity contribution in [2.24, 2.45) is 11.8 Å². The summed E-state index contributed by atoms with van der Waals surface area (Å²) < 4.78 is -0.629. The molecule has 3 aliphatic rings. The van der Waals surface area contributed by atoms with Crippen LogP contribution in [0.5, 0.6) is 0 Å². The topological polar surface area (TPSA) is 102 Å². The highest BCUT2D eigenvalue weighted by atomic mass is 32.2. The fraction of sp³-hybridized carbons (Fsp3) is 0.640. The normalized spacial score (nSPS) is 29.3. The quantitative estimate of drug-likeness (QED) is 0.466. The number of anilines is 2. The van der Waals surface area contributed by atoms with Crippen molar-refractivity contribution in [1.82, 2.24) is 10.2 Å². The van der Waals surface area contributed by atoms with Gasteiger partial charge in [-0.1, -0.05) is 6.92 Å². The van der Waals surface area contributed by atoms with E-state index >= 15 is 0 Å². The van der Waals surface area contributed by atoms with E-state index in [0.29, 0.717) is 12.2 Å². The Hall–Kier alpha value is -2.26. The molecule has 2 unspecified atom stereocenters. The van der Waals surface area contributed by atoms with Gasteiger partial charge in [0.25, 0.3) is 0 Å². The number of rotatable bonds is 10. The van der Waals surface area contributed by atoms with E-state index in [1.54, 1.807) is 11.8 Å². The molecule has 0 aliphatic carbocycles. The Kier molecular flexibility index (Phi) is 7.42. The van der Waals surface area contributed by atoms with Crippen LogP contribution in [0.3, 0.4) is 0 Å². The lowest BCUT2D eigenvalue weighted by Gasteiger charge is -2.34.